The Morgan fingerprint density at radius 1 is 1.33 bits per heavy atom. The summed E-state index contributed by atoms with van der Waals surface area (Å²) in [6.07, 6.45) is 0.349. The van der Waals surface area contributed by atoms with Crippen molar-refractivity contribution in [3.05, 3.63) is 34.3 Å². The summed E-state index contributed by atoms with van der Waals surface area (Å²) in [6.45, 7) is 5.23. The predicted octanol–water partition coefficient (Wildman–Crippen LogP) is 3.10. The summed E-state index contributed by atoms with van der Waals surface area (Å²) < 4.78 is 6.07. The number of Topliss-reactive ketones (excluding diaryl/α,β-unsaturated/α-hetero) is 1. The highest BCUT2D eigenvalue weighted by Crippen LogP contribution is 2.13. The van der Waals surface area contributed by atoms with Crippen molar-refractivity contribution < 1.29 is 14.3 Å². The third kappa shape index (κ3) is 6.53. The lowest BCUT2D eigenvalue weighted by Crippen LogP contribution is -2.45. The van der Waals surface area contributed by atoms with Crippen molar-refractivity contribution in [2.75, 3.05) is 0 Å². The Balaban J connectivity index is 2.77. The first-order chi connectivity index (χ1) is 9.71. The smallest absolute Gasteiger partial charge is 0.408 e. The highest BCUT2D eigenvalue weighted by Gasteiger charge is 2.23. The van der Waals surface area contributed by atoms with Gasteiger partial charge < -0.3 is 15.5 Å². The van der Waals surface area contributed by atoms with Crippen molar-refractivity contribution in [3.8, 4) is 0 Å². The van der Waals surface area contributed by atoms with Gasteiger partial charge in [-0.25, -0.2) is 4.79 Å². The van der Waals surface area contributed by atoms with E-state index in [4.69, 9.17) is 10.1 Å². The van der Waals surface area contributed by atoms with Crippen molar-refractivity contribution in [1.29, 1.82) is 5.41 Å². The fourth-order valence-electron chi connectivity index (χ4n) is 1.63. The molecule has 0 spiro atoms. The molecule has 0 saturated heterocycles. The van der Waals surface area contributed by atoms with Crippen LogP contribution in [0, 0.1) is 5.41 Å². The van der Waals surface area contributed by atoms with Crippen molar-refractivity contribution in [3.63, 3.8) is 0 Å². The van der Waals surface area contributed by atoms with Gasteiger partial charge in [0.25, 0.3) is 0 Å². The Kier molecular flexibility index (Phi) is 6.08. The van der Waals surface area contributed by atoms with E-state index in [0.717, 1.165) is 10.0 Å². The van der Waals surface area contributed by atoms with Crippen LogP contribution in [0.25, 0.3) is 0 Å². The predicted molar refractivity (Wildman–Crippen MR) is 84.8 cm³/mol. The number of hydrogen-bond acceptors (Lipinski definition) is 4. The molecule has 0 aliphatic rings. The molecule has 0 saturated carbocycles. The van der Waals surface area contributed by atoms with Gasteiger partial charge >= 0.3 is 6.09 Å². The zero-order valence-electron chi connectivity index (χ0n) is 12.3. The van der Waals surface area contributed by atoms with E-state index >= 15 is 0 Å². The standard InChI is InChI=1S/C15H19BrN2O3/c1-15(2,3)21-14(20)18-12(13(19)9-17)8-10-4-6-11(16)7-5-10/h4-7,9,12,17H,8H2,1-3H3,(H,18,20)/t12-/m0/s1. The third-order valence-corrected chi connectivity index (χ3v) is 3.06. The Morgan fingerprint density at radius 3 is 2.38 bits per heavy atom. The highest BCUT2D eigenvalue weighted by molar-refractivity contribution is 9.10. The number of amides is 1. The summed E-state index contributed by atoms with van der Waals surface area (Å²) in [6, 6.07) is 6.61. The molecule has 0 bridgehead atoms. The van der Waals surface area contributed by atoms with E-state index in [1.54, 1.807) is 20.8 Å². The molecular weight excluding hydrogens is 336 g/mol. The molecule has 0 heterocycles. The quantitative estimate of drug-likeness (QED) is 0.797. The van der Waals surface area contributed by atoms with Crippen LogP contribution in [-0.2, 0) is 16.0 Å². The number of rotatable bonds is 5. The molecule has 0 aromatic heterocycles. The van der Waals surface area contributed by atoms with Gasteiger partial charge in [-0.15, -0.1) is 0 Å². The molecule has 1 aromatic carbocycles. The fraction of sp³-hybridized carbons (Fsp3) is 0.400. The summed E-state index contributed by atoms with van der Waals surface area (Å²) in [7, 11) is 0. The van der Waals surface area contributed by atoms with Gasteiger partial charge in [0.15, 0.2) is 5.78 Å². The maximum absolute atomic E-state index is 11.8. The van der Waals surface area contributed by atoms with Crippen LogP contribution >= 0.6 is 15.9 Å². The number of ether oxygens (including phenoxy) is 1. The number of halogens is 1. The van der Waals surface area contributed by atoms with Crippen LogP contribution < -0.4 is 5.32 Å². The fourth-order valence-corrected chi connectivity index (χ4v) is 1.89. The van der Waals surface area contributed by atoms with Crippen molar-refractivity contribution >= 4 is 34.0 Å². The van der Waals surface area contributed by atoms with Gasteiger partial charge in [-0.2, -0.15) is 0 Å². The number of alkyl carbamates (subject to hydrolysis) is 1. The molecule has 1 atom stereocenters. The van der Waals surface area contributed by atoms with E-state index in [9.17, 15) is 9.59 Å². The third-order valence-electron chi connectivity index (χ3n) is 2.53. The number of carbonyl (C=O) groups is 2. The van der Waals surface area contributed by atoms with Gasteiger partial charge in [0, 0.05) is 10.9 Å². The van der Waals surface area contributed by atoms with Gasteiger partial charge in [0.05, 0.1) is 6.21 Å². The summed E-state index contributed by atoms with van der Waals surface area (Å²) >= 11 is 3.33. The Labute approximate surface area is 132 Å². The van der Waals surface area contributed by atoms with Gasteiger partial charge in [-0.3, -0.25) is 4.79 Å². The largest absolute Gasteiger partial charge is 0.444 e. The summed E-state index contributed by atoms with van der Waals surface area (Å²) in [5, 5.41) is 9.60. The first-order valence-corrected chi connectivity index (χ1v) is 7.29. The molecule has 2 N–H and O–H groups in total. The molecule has 1 amide bonds. The lowest BCUT2D eigenvalue weighted by Gasteiger charge is -2.22. The normalized spacial score (nSPS) is 12.4. The first kappa shape index (κ1) is 17.4. The molecule has 0 unspecified atom stereocenters. The molecule has 0 radical (unpaired) electrons. The molecule has 6 heteroatoms. The molecule has 1 rings (SSSR count). The van der Waals surface area contributed by atoms with E-state index < -0.39 is 23.5 Å². The van der Waals surface area contributed by atoms with E-state index in [-0.39, 0.29) is 0 Å². The molecule has 114 valence electrons. The SMILES string of the molecule is CC(C)(C)OC(=O)N[C@@H](Cc1ccc(Br)cc1)C(=O)C=N. The van der Waals surface area contributed by atoms with E-state index in [0.29, 0.717) is 12.6 Å². The van der Waals surface area contributed by atoms with Crippen LogP contribution in [-0.4, -0.2) is 29.7 Å². The molecule has 0 fully saturated rings. The highest BCUT2D eigenvalue weighted by atomic mass is 79.9. The Hall–Kier alpha value is -1.69. The van der Waals surface area contributed by atoms with Crippen molar-refractivity contribution in [1.82, 2.24) is 5.32 Å². The number of nitrogens with one attached hydrogen (secondary N) is 2. The van der Waals surface area contributed by atoms with Gasteiger partial charge in [-0.05, 0) is 38.5 Å². The van der Waals surface area contributed by atoms with Crippen molar-refractivity contribution in [2.24, 2.45) is 0 Å². The molecule has 1 aromatic rings. The molecule has 0 aliphatic carbocycles. The van der Waals surface area contributed by atoms with E-state index in [2.05, 4.69) is 21.2 Å². The van der Waals surface area contributed by atoms with Gasteiger partial charge in [0.1, 0.15) is 11.6 Å². The summed E-state index contributed by atoms with van der Waals surface area (Å²) in [5.74, 6) is -0.469. The second-order valence-corrected chi connectivity index (χ2v) is 6.49. The second kappa shape index (κ2) is 7.36. The summed E-state index contributed by atoms with van der Waals surface area (Å²) in [4.78, 5) is 23.5. The van der Waals surface area contributed by atoms with E-state index in [1.807, 2.05) is 24.3 Å². The number of ketones is 1. The Morgan fingerprint density at radius 2 is 1.90 bits per heavy atom. The lowest BCUT2D eigenvalue weighted by atomic mass is 10.0. The molecular formula is C15H19BrN2O3. The molecule has 5 nitrogen and oxygen atoms in total. The number of hydrogen-bond donors (Lipinski definition) is 2. The molecule has 21 heavy (non-hydrogen) atoms. The monoisotopic (exact) mass is 354 g/mol. The van der Waals surface area contributed by atoms with Crippen LogP contribution in [0.15, 0.2) is 28.7 Å². The van der Waals surface area contributed by atoms with Gasteiger partial charge in [0.2, 0.25) is 0 Å². The average molecular weight is 355 g/mol. The van der Waals surface area contributed by atoms with E-state index in [1.165, 1.54) is 0 Å². The average Bonchev–Trinajstić information content (AvgIpc) is 2.37. The topological polar surface area (TPSA) is 79.2 Å². The minimum Gasteiger partial charge on any atom is -0.444 e. The Bertz CT molecular complexity index is 521. The van der Waals surface area contributed by atoms with Gasteiger partial charge in [-0.1, -0.05) is 28.1 Å². The zero-order valence-corrected chi connectivity index (χ0v) is 13.9. The minimum absolute atomic E-state index is 0.306. The zero-order chi connectivity index (χ0) is 16.0. The van der Waals surface area contributed by atoms with Crippen LogP contribution in [0.3, 0.4) is 0 Å². The van der Waals surface area contributed by atoms with Crippen LogP contribution in [0.4, 0.5) is 4.79 Å². The maximum atomic E-state index is 11.8. The number of benzene rings is 1. The van der Waals surface area contributed by atoms with Crippen LogP contribution in [0.5, 0.6) is 0 Å². The van der Waals surface area contributed by atoms with Crippen LogP contribution in [0.1, 0.15) is 26.3 Å². The summed E-state index contributed by atoms with van der Waals surface area (Å²) in [5.41, 5.74) is 0.245. The van der Waals surface area contributed by atoms with Crippen LogP contribution in [0.2, 0.25) is 0 Å². The minimum atomic E-state index is -0.807. The first-order valence-electron chi connectivity index (χ1n) is 6.49. The second-order valence-electron chi connectivity index (χ2n) is 5.58. The lowest BCUT2D eigenvalue weighted by molar-refractivity contribution is -0.114. The van der Waals surface area contributed by atoms with Crippen molar-refractivity contribution in [2.45, 2.75) is 38.8 Å². The molecule has 0 aliphatic heterocycles. The maximum Gasteiger partial charge on any atom is 0.408 e. The number of carbonyl (C=O) groups excluding carboxylic acids is 2.